The van der Waals surface area contributed by atoms with Crippen molar-refractivity contribution in [2.75, 3.05) is 23.4 Å². The first kappa shape index (κ1) is 19.5. The Labute approximate surface area is 171 Å². The van der Waals surface area contributed by atoms with Gasteiger partial charge in [0, 0.05) is 18.7 Å². The third-order valence-corrected chi connectivity index (χ3v) is 4.69. The number of tetrazole rings is 1. The van der Waals surface area contributed by atoms with E-state index in [0.717, 1.165) is 12.1 Å². The molecule has 1 aromatic heterocycles. The maximum Gasteiger partial charge on any atom is 0.262 e. The van der Waals surface area contributed by atoms with Crippen molar-refractivity contribution in [2.45, 2.75) is 19.8 Å². The second kappa shape index (κ2) is 8.27. The summed E-state index contributed by atoms with van der Waals surface area (Å²) < 4.78 is 21.0. The zero-order valence-electron chi connectivity index (χ0n) is 16.2. The standard InChI is InChI=1S/C20H19FN6O3/c1-13-23-24-25-27(13)15-6-9-17(21)18(11-15)22-19(28)12-30-16-7-4-14(5-8-16)26-10-2-3-20(26)29/h4-9,11H,2-3,10,12H2,1H3,(H,22,28). The number of halogens is 1. The molecule has 2 heterocycles. The van der Waals surface area contributed by atoms with Gasteiger partial charge < -0.3 is 15.0 Å². The minimum absolute atomic E-state index is 0.00102. The van der Waals surface area contributed by atoms with Crippen LogP contribution in [0.5, 0.6) is 5.75 Å². The molecule has 154 valence electrons. The van der Waals surface area contributed by atoms with Crippen LogP contribution in [0.25, 0.3) is 5.69 Å². The van der Waals surface area contributed by atoms with E-state index < -0.39 is 11.7 Å². The van der Waals surface area contributed by atoms with E-state index in [4.69, 9.17) is 4.74 Å². The highest BCUT2D eigenvalue weighted by atomic mass is 19.1. The Morgan fingerprint density at radius 3 is 2.63 bits per heavy atom. The molecule has 9 nitrogen and oxygen atoms in total. The van der Waals surface area contributed by atoms with Crippen molar-refractivity contribution in [3.63, 3.8) is 0 Å². The zero-order chi connectivity index (χ0) is 21.1. The summed E-state index contributed by atoms with van der Waals surface area (Å²) in [5, 5.41) is 13.6. The Balaban J connectivity index is 1.37. The first-order valence-corrected chi connectivity index (χ1v) is 9.39. The number of nitrogens with one attached hydrogen (secondary N) is 1. The number of carbonyl (C=O) groups is 2. The average molecular weight is 410 g/mol. The van der Waals surface area contributed by atoms with Crippen LogP contribution in [0.2, 0.25) is 0 Å². The first-order chi connectivity index (χ1) is 14.5. The van der Waals surface area contributed by atoms with Crippen molar-refractivity contribution in [1.82, 2.24) is 20.2 Å². The molecule has 3 aromatic rings. The minimum atomic E-state index is -0.586. The molecule has 0 radical (unpaired) electrons. The summed E-state index contributed by atoms with van der Waals surface area (Å²) in [6.45, 7) is 2.12. The molecule has 0 saturated carbocycles. The number of anilines is 2. The molecule has 0 atom stereocenters. The van der Waals surface area contributed by atoms with Crippen molar-refractivity contribution in [2.24, 2.45) is 0 Å². The summed E-state index contributed by atoms with van der Waals surface area (Å²) >= 11 is 0. The van der Waals surface area contributed by atoms with E-state index in [-0.39, 0.29) is 18.2 Å². The van der Waals surface area contributed by atoms with Gasteiger partial charge in [-0.15, -0.1) is 5.10 Å². The van der Waals surface area contributed by atoms with Gasteiger partial charge in [0.1, 0.15) is 11.6 Å². The number of hydrogen-bond acceptors (Lipinski definition) is 6. The molecule has 0 aliphatic carbocycles. The number of benzene rings is 2. The highest BCUT2D eigenvalue weighted by Gasteiger charge is 2.21. The molecule has 10 heteroatoms. The van der Waals surface area contributed by atoms with Crippen molar-refractivity contribution in [3.05, 3.63) is 54.1 Å². The molecule has 0 spiro atoms. The molecule has 1 aliphatic heterocycles. The Morgan fingerprint density at radius 1 is 1.20 bits per heavy atom. The Morgan fingerprint density at radius 2 is 1.97 bits per heavy atom. The molecule has 0 unspecified atom stereocenters. The molecule has 1 aliphatic rings. The fraction of sp³-hybridized carbons (Fsp3) is 0.250. The topological polar surface area (TPSA) is 102 Å². The van der Waals surface area contributed by atoms with E-state index in [9.17, 15) is 14.0 Å². The maximum atomic E-state index is 14.1. The number of aryl methyl sites for hydroxylation is 1. The lowest BCUT2D eigenvalue weighted by Crippen LogP contribution is -2.23. The van der Waals surface area contributed by atoms with Crippen LogP contribution in [0.4, 0.5) is 15.8 Å². The van der Waals surface area contributed by atoms with Crippen LogP contribution in [0.1, 0.15) is 18.7 Å². The second-order valence-corrected chi connectivity index (χ2v) is 6.78. The van der Waals surface area contributed by atoms with Crippen LogP contribution < -0.4 is 15.0 Å². The summed E-state index contributed by atoms with van der Waals surface area (Å²) in [5.41, 5.74) is 1.31. The summed E-state index contributed by atoms with van der Waals surface area (Å²) in [4.78, 5) is 25.7. The van der Waals surface area contributed by atoms with Crippen LogP contribution >= 0.6 is 0 Å². The number of amides is 2. The van der Waals surface area contributed by atoms with Gasteiger partial charge in [-0.25, -0.2) is 4.39 Å². The summed E-state index contributed by atoms with van der Waals surface area (Å²) in [7, 11) is 0. The summed E-state index contributed by atoms with van der Waals surface area (Å²) in [5.74, 6) is 0.000273. The van der Waals surface area contributed by atoms with Crippen LogP contribution in [0, 0.1) is 12.7 Å². The number of rotatable bonds is 6. The van der Waals surface area contributed by atoms with E-state index in [1.165, 1.54) is 22.9 Å². The number of hydrogen-bond donors (Lipinski definition) is 1. The van der Waals surface area contributed by atoms with Crippen molar-refractivity contribution >= 4 is 23.2 Å². The molecule has 2 amide bonds. The Kier molecular flexibility index (Phi) is 5.38. The molecule has 2 aromatic carbocycles. The van der Waals surface area contributed by atoms with Gasteiger partial charge in [-0.3, -0.25) is 9.59 Å². The van der Waals surface area contributed by atoms with E-state index >= 15 is 0 Å². The molecule has 1 fully saturated rings. The maximum absolute atomic E-state index is 14.1. The Hall–Kier alpha value is -3.82. The van der Waals surface area contributed by atoms with Gasteiger partial charge in [-0.2, -0.15) is 4.68 Å². The monoisotopic (exact) mass is 410 g/mol. The normalized spacial score (nSPS) is 13.5. The third kappa shape index (κ3) is 4.12. The van der Waals surface area contributed by atoms with Gasteiger partial charge in [0.2, 0.25) is 5.91 Å². The van der Waals surface area contributed by atoms with Crippen LogP contribution in [-0.2, 0) is 9.59 Å². The first-order valence-electron chi connectivity index (χ1n) is 9.39. The highest BCUT2D eigenvalue weighted by Crippen LogP contribution is 2.24. The number of nitrogens with zero attached hydrogens (tertiary/aromatic N) is 5. The van der Waals surface area contributed by atoms with Crippen LogP contribution in [0.3, 0.4) is 0 Å². The van der Waals surface area contributed by atoms with Gasteiger partial charge in [-0.1, -0.05) is 0 Å². The SMILES string of the molecule is Cc1nnnn1-c1ccc(F)c(NC(=O)COc2ccc(N3CCCC3=O)cc2)c1. The van der Waals surface area contributed by atoms with E-state index in [2.05, 4.69) is 20.8 Å². The van der Waals surface area contributed by atoms with Crippen molar-refractivity contribution in [1.29, 1.82) is 0 Å². The van der Waals surface area contributed by atoms with Gasteiger partial charge in [0.25, 0.3) is 5.91 Å². The fourth-order valence-corrected chi connectivity index (χ4v) is 3.19. The third-order valence-electron chi connectivity index (χ3n) is 4.69. The predicted molar refractivity (Wildman–Crippen MR) is 106 cm³/mol. The lowest BCUT2D eigenvalue weighted by Gasteiger charge is -2.16. The highest BCUT2D eigenvalue weighted by molar-refractivity contribution is 5.95. The molecule has 4 rings (SSSR count). The zero-order valence-corrected chi connectivity index (χ0v) is 16.2. The number of carbonyl (C=O) groups excluding carboxylic acids is 2. The minimum Gasteiger partial charge on any atom is -0.484 e. The summed E-state index contributed by atoms with van der Waals surface area (Å²) in [6.07, 6.45) is 1.41. The van der Waals surface area contributed by atoms with Gasteiger partial charge in [-0.05, 0) is 66.2 Å². The fourth-order valence-electron chi connectivity index (χ4n) is 3.19. The van der Waals surface area contributed by atoms with Crippen molar-refractivity contribution < 1.29 is 18.7 Å². The molecule has 30 heavy (non-hydrogen) atoms. The smallest absolute Gasteiger partial charge is 0.262 e. The van der Waals surface area contributed by atoms with Gasteiger partial charge >= 0.3 is 0 Å². The summed E-state index contributed by atoms with van der Waals surface area (Å²) in [6, 6.07) is 11.1. The second-order valence-electron chi connectivity index (χ2n) is 6.78. The molecule has 0 bridgehead atoms. The predicted octanol–water partition coefficient (Wildman–Crippen LogP) is 2.25. The van der Waals surface area contributed by atoms with Gasteiger partial charge in [0.15, 0.2) is 12.4 Å². The number of ether oxygens (including phenoxy) is 1. The molecule has 1 N–H and O–H groups in total. The van der Waals surface area contributed by atoms with Gasteiger partial charge in [0.05, 0.1) is 11.4 Å². The van der Waals surface area contributed by atoms with Crippen LogP contribution in [0.15, 0.2) is 42.5 Å². The molecular formula is C20H19FN6O3. The van der Waals surface area contributed by atoms with Crippen LogP contribution in [-0.4, -0.2) is 45.2 Å². The van der Waals surface area contributed by atoms with Crippen molar-refractivity contribution in [3.8, 4) is 11.4 Å². The largest absolute Gasteiger partial charge is 0.484 e. The lowest BCUT2D eigenvalue weighted by molar-refractivity contribution is -0.118. The lowest BCUT2D eigenvalue weighted by atomic mass is 10.2. The average Bonchev–Trinajstić information content (AvgIpc) is 3.36. The molecule has 1 saturated heterocycles. The van der Waals surface area contributed by atoms with E-state index in [1.54, 1.807) is 36.1 Å². The van der Waals surface area contributed by atoms with E-state index in [1.807, 2.05) is 0 Å². The Bertz CT molecular complexity index is 1080. The number of aromatic nitrogens is 4. The van der Waals surface area contributed by atoms with E-state index in [0.29, 0.717) is 30.2 Å². The quantitative estimate of drug-likeness (QED) is 0.669. The molecular weight excluding hydrogens is 391 g/mol.